The van der Waals surface area contributed by atoms with Gasteiger partial charge in [0.1, 0.15) is 0 Å². The molecule has 96 valence electrons. The standard InChI is InChI=1S/C13H18N4O/c14-12-11(15-6-7-16-12)13(18)17-8-5-9-3-1-2-4-10(9)17/h6-7,9-10H,1-5,8H2,(H2,14,16). The summed E-state index contributed by atoms with van der Waals surface area (Å²) < 4.78 is 0. The number of likely N-dealkylation sites (tertiary alicyclic amines) is 1. The fourth-order valence-corrected chi connectivity index (χ4v) is 3.31. The maximum absolute atomic E-state index is 12.5. The summed E-state index contributed by atoms with van der Waals surface area (Å²) in [7, 11) is 0. The third-order valence-corrected chi connectivity index (χ3v) is 4.20. The fraction of sp³-hybridized carbons (Fsp3) is 0.615. The van der Waals surface area contributed by atoms with E-state index in [1.54, 1.807) is 0 Å². The molecule has 5 nitrogen and oxygen atoms in total. The molecule has 0 radical (unpaired) electrons. The largest absolute Gasteiger partial charge is 0.382 e. The highest BCUT2D eigenvalue weighted by atomic mass is 16.2. The number of anilines is 1. The second-order valence-electron chi connectivity index (χ2n) is 5.19. The van der Waals surface area contributed by atoms with Crippen molar-refractivity contribution in [3.63, 3.8) is 0 Å². The summed E-state index contributed by atoms with van der Waals surface area (Å²) in [4.78, 5) is 22.5. The molecule has 0 spiro atoms. The zero-order valence-corrected chi connectivity index (χ0v) is 10.4. The number of carbonyl (C=O) groups is 1. The van der Waals surface area contributed by atoms with Crippen LogP contribution in [0.3, 0.4) is 0 Å². The zero-order valence-electron chi connectivity index (χ0n) is 10.4. The van der Waals surface area contributed by atoms with Crippen LogP contribution in [0.5, 0.6) is 0 Å². The van der Waals surface area contributed by atoms with E-state index in [0.29, 0.717) is 17.7 Å². The molecule has 1 aliphatic heterocycles. The highest BCUT2D eigenvalue weighted by Gasteiger charge is 2.39. The van der Waals surface area contributed by atoms with Crippen LogP contribution in [-0.4, -0.2) is 33.4 Å². The molecule has 3 rings (SSSR count). The first-order valence-electron chi connectivity index (χ1n) is 6.65. The number of nitrogens with zero attached hydrogens (tertiary/aromatic N) is 3. The molecule has 2 N–H and O–H groups in total. The summed E-state index contributed by atoms with van der Waals surface area (Å²) in [6, 6.07) is 0.396. The van der Waals surface area contributed by atoms with Crippen molar-refractivity contribution in [2.75, 3.05) is 12.3 Å². The molecule has 18 heavy (non-hydrogen) atoms. The van der Waals surface area contributed by atoms with Gasteiger partial charge in [0.15, 0.2) is 11.5 Å². The number of nitrogen functional groups attached to an aromatic ring is 1. The Balaban J connectivity index is 1.83. The van der Waals surface area contributed by atoms with Crippen LogP contribution < -0.4 is 5.73 Å². The lowest BCUT2D eigenvalue weighted by Gasteiger charge is -2.31. The molecule has 1 aliphatic carbocycles. The minimum atomic E-state index is -0.0463. The number of amides is 1. The second kappa shape index (κ2) is 4.55. The third-order valence-electron chi connectivity index (χ3n) is 4.20. The van der Waals surface area contributed by atoms with Crippen LogP contribution in [0, 0.1) is 5.92 Å². The third kappa shape index (κ3) is 1.83. The van der Waals surface area contributed by atoms with E-state index in [-0.39, 0.29) is 11.7 Å². The number of nitrogens with two attached hydrogens (primary N) is 1. The van der Waals surface area contributed by atoms with Crippen LogP contribution in [-0.2, 0) is 0 Å². The fourth-order valence-electron chi connectivity index (χ4n) is 3.31. The van der Waals surface area contributed by atoms with Crippen molar-refractivity contribution >= 4 is 11.7 Å². The van der Waals surface area contributed by atoms with E-state index in [9.17, 15) is 4.79 Å². The Morgan fingerprint density at radius 2 is 2.00 bits per heavy atom. The maximum atomic E-state index is 12.5. The van der Waals surface area contributed by atoms with Gasteiger partial charge in [0.05, 0.1) is 0 Å². The lowest BCUT2D eigenvalue weighted by molar-refractivity contribution is 0.0685. The van der Waals surface area contributed by atoms with Gasteiger partial charge in [0.2, 0.25) is 0 Å². The SMILES string of the molecule is Nc1nccnc1C(=O)N1CCC2CCCCC21. The topological polar surface area (TPSA) is 72.1 Å². The normalized spacial score (nSPS) is 27.0. The second-order valence-corrected chi connectivity index (χ2v) is 5.19. The van der Waals surface area contributed by atoms with Crippen molar-refractivity contribution in [3.05, 3.63) is 18.1 Å². The molecule has 1 saturated carbocycles. The number of fused-ring (bicyclic) bond motifs is 1. The Labute approximate surface area is 106 Å². The number of aromatic nitrogens is 2. The van der Waals surface area contributed by atoms with Gasteiger partial charge >= 0.3 is 0 Å². The van der Waals surface area contributed by atoms with E-state index in [0.717, 1.165) is 19.4 Å². The molecule has 1 amide bonds. The Bertz CT molecular complexity index is 462. The monoisotopic (exact) mass is 246 g/mol. The smallest absolute Gasteiger partial charge is 0.276 e. The predicted octanol–water partition coefficient (Wildman–Crippen LogP) is 1.46. The lowest BCUT2D eigenvalue weighted by Crippen LogP contribution is -2.39. The zero-order chi connectivity index (χ0) is 12.5. The van der Waals surface area contributed by atoms with Crippen LogP contribution in [0.25, 0.3) is 0 Å². The van der Waals surface area contributed by atoms with Gasteiger partial charge in [0.25, 0.3) is 5.91 Å². The molecule has 0 bridgehead atoms. The Morgan fingerprint density at radius 3 is 2.83 bits per heavy atom. The lowest BCUT2D eigenvalue weighted by atomic mass is 9.85. The average molecular weight is 246 g/mol. The summed E-state index contributed by atoms with van der Waals surface area (Å²) in [5.74, 6) is 0.873. The van der Waals surface area contributed by atoms with Crippen LogP contribution in [0.4, 0.5) is 5.82 Å². The summed E-state index contributed by atoms with van der Waals surface area (Å²) in [5, 5.41) is 0. The van der Waals surface area contributed by atoms with Crippen LogP contribution >= 0.6 is 0 Å². The van der Waals surface area contributed by atoms with Gasteiger partial charge in [-0.2, -0.15) is 0 Å². The van der Waals surface area contributed by atoms with Crippen molar-refractivity contribution in [3.8, 4) is 0 Å². The van der Waals surface area contributed by atoms with E-state index in [4.69, 9.17) is 5.73 Å². The highest BCUT2D eigenvalue weighted by Crippen LogP contribution is 2.36. The van der Waals surface area contributed by atoms with Crippen LogP contribution in [0.1, 0.15) is 42.6 Å². The number of hydrogen-bond acceptors (Lipinski definition) is 4. The van der Waals surface area contributed by atoms with Crippen molar-refractivity contribution < 1.29 is 4.79 Å². The van der Waals surface area contributed by atoms with Crippen LogP contribution in [0.2, 0.25) is 0 Å². The summed E-state index contributed by atoms with van der Waals surface area (Å²) in [6.45, 7) is 0.837. The first-order chi connectivity index (χ1) is 8.77. The maximum Gasteiger partial charge on any atom is 0.276 e. The molecule has 1 saturated heterocycles. The molecule has 0 aromatic carbocycles. The van der Waals surface area contributed by atoms with E-state index in [1.807, 2.05) is 4.90 Å². The molecule has 2 heterocycles. The minimum Gasteiger partial charge on any atom is -0.382 e. The van der Waals surface area contributed by atoms with Gasteiger partial charge in [-0.25, -0.2) is 9.97 Å². The van der Waals surface area contributed by atoms with Gasteiger partial charge in [0, 0.05) is 25.0 Å². The van der Waals surface area contributed by atoms with Crippen molar-refractivity contribution in [2.45, 2.75) is 38.1 Å². The molecular weight excluding hydrogens is 228 g/mol. The minimum absolute atomic E-state index is 0.0463. The molecule has 1 aromatic rings. The number of hydrogen-bond donors (Lipinski definition) is 1. The molecule has 2 atom stereocenters. The van der Waals surface area contributed by atoms with Gasteiger partial charge in [-0.05, 0) is 25.2 Å². The van der Waals surface area contributed by atoms with Crippen molar-refractivity contribution in [1.29, 1.82) is 0 Å². The van der Waals surface area contributed by atoms with Gasteiger partial charge in [-0.15, -0.1) is 0 Å². The molecular formula is C13H18N4O. The quantitative estimate of drug-likeness (QED) is 0.814. The van der Waals surface area contributed by atoms with Crippen molar-refractivity contribution in [1.82, 2.24) is 14.9 Å². The Hall–Kier alpha value is -1.65. The van der Waals surface area contributed by atoms with Crippen molar-refractivity contribution in [2.24, 2.45) is 5.92 Å². The van der Waals surface area contributed by atoms with E-state index in [2.05, 4.69) is 9.97 Å². The summed E-state index contributed by atoms with van der Waals surface area (Å²) >= 11 is 0. The Kier molecular flexibility index (Phi) is 2.89. The highest BCUT2D eigenvalue weighted by molar-refractivity contribution is 5.96. The summed E-state index contributed by atoms with van der Waals surface area (Å²) in [6.07, 6.45) is 9.06. The first-order valence-corrected chi connectivity index (χ1v) is 6.65. The number of carbonyl (C=O) groups excluding carboxylic acids is 1. The molecule has 5 heteroatoms. The Morgan fingerprint density at radius 1 is 1.22 bits per heavy atom. The summed E-state index contributed by atoms with van der Waals surface area (Å²) in [5.41, 5.74) is 6.05. The van der Waals surface area contributed by atoms with Gasteiger partial charge in [-0.1, -0.05) is 12.8 Å². The van der Waals surface area contributed by atoms with E-state index in [1.165, 1.54) is 31.7 Å². The molecule has 2 fully saturated rings. The van der Waals surface area contributed by atoms with E-state index < -0.39 is 0 Å². The first kappa shape index (κ1) is 11.4. The van der Waals surface area contributed by atoms with E-state index >= 15 is 0 Å². The van der Waals surface area contributed by atoms with Gasteiger partial charge in [-0.3, -0.25) is 4.79 Å². The van der Waals surface area contributed by atoms with Gasteiger partial charge < -0.3 is 10.6 Å². The predicted molar refractivity (Wildman–Crippen MR) is 67.8 cm³/mol. The van der Waals surface area contributed by atoms with Crippen LogP contribution in [0.15, 0.2) is 12.4 Å². The molecule has 2 unspecified atom stereocenters. The molecule has 1 aromatic heterocycles. The number of rotatable bonds is 1. The molecule has 2 aliphatic rings. The average Bonchev–Trinajstić information content (AvgIpc) is 2.82.